The van der Waals surface area contributed by atoms with E-state index in [9.17, 15) is 0 Å². The SMILES string of the molecule is CNCC1CCCN1C(C)c1nccnc1C. The Kier molecular flexibility index (Phi) is 4.07. The monoisotopic (exact) mass is 234 g/mol. The maximum atomic E-state index is 4.49. The van der Waals surface area contributed by atoms with Crippen LogP contribution < -0.4 is 5.32 Å². The minimum atomic E-state index is 0.365. The van der Waals surface area contributed by atoms with Gasteiger partial charge in [0.1, 0.15) is 0 Å². The van der Waals surface area contributed by atoms with Gasteiger partial charge < -0.3 is 5.32 Å². The van der Waals surface area contributed by atoms with Crippen LogP contribution in [-0.2, 0) is 0 Å². The number of hydrogen-bond acceptors (Lipinski definition) is 4. The van der Waals surface area contributed by atoms with Crippen LogP contribution in [0, 0.1) is 6.92 Å². The lowest BCUT2D eigenvalue weighted by Crippen LogP contribution is -2.38. The molecule has 1 aliphatic rings. The van der Waals surface area contributed by atoms with E-state index in [1.807, 2.05) is 14.0 Å². The van der Waals surface area contributed by atoms with Crippen LogP contribution in [-0.4, -0.2) is 41.0 Å². The third-order valence-corrected chi connectivity index (χ3v) is 3.67. The molecule has 2 unspecified atom stereocenters. The van der Waals surface area contributed by atoms with Crippen LogP contribution in [0.5, 0.6) is 0 Å². The summed E-state index contributed by atoms with van der Waals surface area (Å²) in [4.78, 5) is 11.4. The standard InChI is InChI=1S/C13H22N4/c1-10-13(16-7-6-15-10)11(2)17-8-4-5-12(17)9-14-3/h6-7,11-12,14H,4-5,8-9H2,1-3H3. The number of nitrogens with one attached hydrogen (secondary N) is 1. The van der Waals surface area contributed by atoms with Gasteiger partial charge in [0, 0.05) is 25.0 Å². The number of rotatable bonds is 4. The van der Waals surface area contributed by atoms with Gasteiger partial charge in [0.25, 0.3) is 0 Å². The molecular formula is C13H22N4. The van der Waals surface area contributed by atoms with Crippen molar-refractivity contribution in [3.05, 3.63) is 23.8 Å². The molecule has 2 atom stereocenters. The normalized spacial score (nSPS) is 22.9. The minimum absolute atomic E-state index is 0.365. The Hall–Kier alpha value is -1.00. The van der Waals surface area contributed by atoms with Gasteiger partial charge in [-0.15, -0.1) is 0 Å². The minimum Gasteiger partial charge on any atom is -0.318 e. The highest BCUT2D eigenvalue weighted by atomic mass is 15.2. The maximum absolute atomic E-state index is 4.49. The van der Waals surface area contributed by atoms with Gasteiger partial charge in [-0.1, -0.05) is 0 Å². The molecule has 0 radical (unpaired) electrons. The second-order valence-corrected chi connectivity index (χ2v) is 4.79. The van der Waals surface area contributed by atoms with Crippen molar-refractivity contribution in [2.45, 2.75) is 38.8 Å². The summed E-state index contributed by atoms with van der Waals surface area (Å²) in [5.41, 5.74) is 2.17. The van der Waals surface area contributed by atoms with E-state index in [2.05, 4.69) is 27.1 Å². The first-order chi connectivity index (χ1) is 8.24. The fourth-order valence-electron chi connectivity index (χ4n) is 2.81. The molecule has 0 spiro atoms. The molecule has 1 fully saturated rings. The molecule has 2 rings (SSSR count). The largest absolute Gasteiger partial charge is 0.318 e. The van der Waals surface area contributed by atoms with Crippen molar-refractivity contribution in [2.75, 3.05) is 20.1 Å². The van der Waals surface area contributed by atoms with E-state index in [1.54, 1.807) is 12.4 Å². The lowest BCUT2D eigenvalue weighted by Gasteiger charge is -2.30. The van der Waals surface area contributed by atoms with Gasteiger partial charge in [-0.05, 0) is 40.3 Å². The summed E-state index contributed by atoms with van der Waals surface area (Å²) < 4.78 is 0. The quantitative estimate of drug-likeness (QED) is 0.858. The Bertz CT molecular complexity index is 366. The maximum Gasteiger partial charge on any atom is 0.0784 e. The zero-order valence-corrected chi connectivity index (χ0v) is 11.0. The average Bonchev–Trinajstić information content (AvgIpc) is 2.78. The Morgan fingerprint density at radius 3 is 2.94 bits per heavy atom. The van der Waals surface area contributed by atoms with E-state index >= 15 is 0 Å². The van der Waals surface area contributed by atoms with Crippen LogP contribution in [0.3, 0.4) is 0 Å². The molecule has 0 saturated carbocycles. The fourth-order valence-corrected chi connectivity index (χ4v) is 2.81. The zero-order valence-electron chi connectivity index (χ0n) is 11.0. The van der Waals surface area contributed by atoms with Gasteiger partial charge in [0.2, 0.25) is 0 Å². The predicted octanol–water partition coefficient (Wildman–Crippen LogP) is 1.53. The number of aromatic nitrogens is 2. The Morgan fingerprint density at radius 2 is 2.24 bits per heavy atom. The average molecular weight is 234 g/mol. The van der Waals surface area contributed by atoms with Gasteiger partial charge in [0.05, 0.1) is 17.4 Å². The van der Waals surface area contributed by atoms with E-state index in [1.165, 1.54) is 19.4 Å². The molecule has 1 aromatic rings. The number of likely N-dealkylation sites (tertiary alicyclic amines) is 1. The highest BCUT2D eigenvalue weighted by molar-refractivity contribution is 5.13. The smallest absolute Gasteiger partial charge is 0.0784 e. The molecule has 0 aliphatic carbocycles. The van der Waals surface area contributed by atoms with E-state index in [-0.39, 0.29) is 0 Å². The van der Waals surface area contributed by atoms with Gasteiger partial charge in [-0.25, -0.2) is 0 Å². The van der Waals surface area contributed by atoms with Gasteiger partial charge in [-0.2, -0.15) is 0 Å². The van der Waals surface area contributed by atoms with Crippen molar-refractivity contribution in [1.29, 1.82) is 0 Å². The first-order valence-corrected chi connectivity index (χ1v) is 6.42. The van der Waals surface area contributed by atoms with E-state index in [4.69, 9.17) is 0 Å². The molecule has 17 heavy (non-hydrogen) atoms. The van der Waals surface area contributed by atoms with Crippen LogP contribution in [0.2, 0.25) is 0 Å². The number of hydrogen-bond donors (Lipinski definition) is 1. The Labute approximate surface area is 103 Å². The van der Waals surface area contributed by atoms with Crippen molar-refractivity contribution in [3.63, 3.8) is 0 Å². The van der Waals surface area contributed by atoms with Crippen molar-refractivity contribution in [1.82, 2.24) is 20.2 Å². The Balaban J connectivity index is 2.14. The number of aryl methyl sites for hydroxylation is 1. The first kappa shape index (κ1) is 12.5. The van der Waals surface area contributed by atoms with Crippen molar-refractivity contribution in [2.24, 2.45) is 0 Å². The summed E-state index contributed by atoms with van der Waals surface area (Å²) in [6.45, 7) is 6.51. The summed E-state index contributed by atoms with van der Waals surface area (Å²) >= 11 is 0. The van der Waals surface area contributed by atoms with E-state index < -0.39 is 0 Å². The number of likely N-dealkylation sites (N-methyl/N-ethyl adjacent to an activating group) is 1. The molecule has 1 N–H and O–H groups in total. The molecule has 1 aliphatic heterocycles. The third kappa shape index (κ3) is 2.64. The molecule has 1 aromatic heterocycles. The van der Waals surface area contributed by atoms with Crippen LogP contribution in [0.15, 0.2) is 12.4 Å². The Morgan fingerprint density at radius 1 is 1.47 bits per heavy atom. The number of nitrogens with zero attached hydrogens (tertiary/aromatic N) is 3. The first-order valence-electron chi connectivity index (χ1n) is 6.42. The highest BCUT2D eigenvalue weighted by Crippen LogP contribution is 2.28. The fraction of sp³-hybridized carbons (Fsp3) is 0.692. The second kappa shape index (κ2) is 5.56. The van der Waals surface area contributed by atoms with E-state index in [0.717, 1.165) is 17.9 Å². The molecule has 4 heteroatoms. The topological polar surface area (TPSA) is 41.0 Å². The molecular weight excluding hydrogens is 212 g/mol. The highest BCUT2D eigenvalue weighted by Gasteiger charge is 2.29. The summed E-state index contributed by atoms with van der Waals surface area (Å²) in [6, 6.07) is 1.00. The van der Waals surface area contributed by atoms with Crippen molar-refractivity contribution >= 4 is 0 Å². The van der Waals surface area contributed by atoms with Crippen molar-refractivity contribution < 1.29 is 0 Å². The summed E-state index contributed by atoms with van der Waals surface area (Å²) in [5.74, 6) is 0. The van der Waals surface area contributed by atoms with E-state index in [0.29, 0.717) is 12.1 Å². The molecule has 0 bridgehead atoms. The summed E-state index contributed by atoms with van der Waals surface area (Å²) in [5, 5.41) is 3.28. The summed E-state index contributed by atoms with van der Waals surface area (Å²) in [7, 11) is 2.02. The van der Waals surface area contributed by atoms with Crippen LogP contribution >= 0.6 is 0 Å². The predicted molar refractivity (Wildman–Crippen MR) is 68.8 cm³/mol. The molecule has 0 aromatic carbocycles. The van der Waals surface area contributed by atoms with Crippen molar-refractivity contribution in [3.8, 4) is 0 Å². The van der Waals surface area contributed by atoms with Gasteiger partial charge >= 0.3 is 0 Å². The lowest BCUT2D eigenvalue weighted by molar-refractivity contribution is 0.187. The van der Waals surface area contributed by atoms with Crippen LogP contribution in [0.25, 0.3) is 0 Å². The lowest BCUT2D eigenvalue weighted by atomic mass is 10.1. The van der Waals surface area contributed by atoms with Gasteiger partial charge in [-0.3, -0.25) is 14.9 Å². The molecule has 0 amide bonds. The molecule has 4 nitrogen and oxygen atoms in total. The van der Waals surface area contributed by atoms with Crippen LogP contribution in [0.1, 0.15) is 37.2 Å². The zero-order chi connectivity index (χ0) is 12.3. The van der Waals surface area contributed by atoms with Gasteiger partial charge in [0.15, 0.2) is 0 Å². The molecule has 1 saturated heterocycles. The molecule has 2 heterocycles. The third-order valence-electron chi connectivity index (χ3n) is 3.67. The van der Waals surface area contributed by atoms with Crippen LogP contribution in [0.4, 0.5) is 0 Å². The molecule has 94 valence electrons. The second-order valence-electron chi connectivity index (χ2n) is 4.79. The summed E-state index contributed by atoms with van der Waals surface area (Å²) in [6.07, 6.45) is 6.13.